The number of fused-ring (bicyclic) bond motifs is 5. The molecule has 2 bridgehead atoms. The van der Waals surface area contributed by atoms with Crippen LogP contribution in [0.5, 0.6) is 0 Å². The first-order chi connectivity index (χ1) is 20.1. The van der Waals surface area contributed by atoms with E-state index in [0.717, 1.165) is 22.0 Å². The number of esters is 1. The lowest BCUT2D eigenvalue weighted by Crippen LogP contribution is -2.51. The Hall–Kier alpha value is -4.38. The van der Waals surface area contributed by atoms with Gasteiger partial charge in [-0.1, -0.05) is 48.5 Å². The maximum absolute atomic E-state index is 13.3. The fourth-order valence-corrected chi connectivity index (χ4v) is 4.65. The first-order valence-electron chi connectivity index (χ1n) is 14.0. The van der Waals surface area contributed by atoms with E-state index in [-0.39, 0.29) is 25.5 Å². The Kier molecular flexibility index (Phi) is 10.2. The minimum absolute atomic E-state index is 0.0367. The van der Waals surface area contributed by atoms with Gasteiger partial charge in [-0.2, -0.15) is 0 Å². The molecule has 0 saturated heterocycles. The first kappa shape index (κ1) is 30.6. The smallest absolute Gasteiger partial charge is 0.408 e. The van der Waals surface area contributed by atoms with Crippen LogP contribution in [0.25, 0.3) is 10.9 Å². The summed E-state index contributed by atoms with van der Waals surface area (Å²) in [5.74, 6) is -1.80. The zero-order chi connectivity index (χ0) is 30.1. The minimum Gasteiger partial charge on any atom is -0.459 e. The van der Waals surface area contributed by atoms with E-state index in [2.05, 4.69) is 20.5 Å². The van der Waals surface area contributed by atoms with Gasteiger partial charge in [0.1, 0.15) is 24.3 Å². The summed E-state index contributed by atoms with van der Waals surface area (Å²) in [7, 11) is 0. The van der Waals surface area contributed by atoms with Gasteiger partial charge in [0.05, 0.1) is 19.6 Å². The lowest BCUT2D eigenvalue weighted by atomic mass is 10.0. The molecule has 1 unspecified atom stereocenters. The summed E-state index contributed by atoms with van der Waals surface area (Å²) < 4.78 is 18.4. The van der Waals surface area contributed by atoms with Gasteiger partial charge in [-0.05, 0) is 38.0 Å². The van der Waals surface area contributed by atoms with E-state index in [9.17, 15) is 19.2 Å². The van der Waals surface area contributed by atoms with Crippen LogP contribution in [-0.2, 0) is 48.2 Å². The Balaban J connectivity index is 1.50. The van der Waals surface area contributed by atoms with E-state index >= 15 is 0 Å². The van der Waals surface area contributed by atoms with Crippen molar-refractivity contribution in [1.29, 1.82) is 0 Å². The Morgan fingerprint density at radius 2 is 1.81 bits per heavy atom. The van der Waals surface area contributed by atoms with Crippen LogP contribution < -0.4 is 16.0 Å². The normalized spacial score (nSPS) is 16.7. The number of nitrogens with zero attached hydrogens (tertiary/aromatic N) is 1. The molecule has 1 aliphatic rings. The van der Waals surface area contributed by atoms with E-state index in [1.807, 2.05) is 48.7 Å². The van der Waals surface area contributed by atoms with Crippen molar-refractivity contribution in [3.63, 3.8) is 0 Å². The zero-order valence-electron chi connectivity index (χ0n) is 24.2. The number of aromatic nitrogens is 1. The first-order valence-corrected chi connectivity index (χ1v) is 14.0. The third-order valence-electron chi connectivity index (χ3n) is 6.56. The molecule has 1 aliphatic heterocycles. The van der Waals surface area contributed by atoms with Crippen molar-refractivity contribution < 1.29 is 33.4 Å². The number of carbonyl (C=O) groups is 4. The van der Waals surface area contributed by atoms with Gasteiger partial charge in [0.15, 0.2) is 0 Å². The van der Waals surface area contributed by atoms with Gasteiger partial charge in [-0.3, -0.25) is 9.59 Å². The Labute approximate surface area is 244 Å². The summed E-state index contributed by atoms with van der Waals surface area (Å²) in [6.45, 7) is 6.78. The average Bonchev–Trinajstić information content (AvgIpc) is 3.29. The van der Waals surface area contributed by atoms with Crippen molar-refractivity contribution >= 4 is 34.8 Å². The Morgan fingerprint density at radius 3 is 2.57 bits per heavy atom. The number of carbonyl (C=O) groups excluding carboxylic acids is 4. The number of hydrogen-bond donors (Lipinski definition) is 3. The molecule has 3 N–H and O–H groups in total. The summed E-state index contributed by atoms with van der Waals surface area (Å²) in [5.41, 5.74) is 1.82. The van der Waals surface area contributed by atoms with Crippen LogP contribution >= 0.6 is 0 Å². The molecule has 0 saturated carbocycles. The highest BCUT2D eigenvalue weighted by atomic mass is 16.6. The second-order valence-corrected chi connectivity index (χ2v) is 11.1. The molecule has 2 atom stereocenters. The molecule has 11 heteroatoms. The highest BCUT2D eigenvalue weighted by Gasteiger charge is 2.30. The van der Waals surface area contributed by atoms with Gasteiger partial charge >= 0.3 is 12.1 Å². The highest BCUT2D eigenvalue weighted by molar-refractivity contribution is 5.92. The predicted molar refractivity (Wildman–Crippen MR) is 155 cm³/mol. The van der Waals surface area contributed by atoms with Gasteiger partial charge in [-0.25, -0.2) is 9.59 Å². The largest absolute Gasteiger partial charge is 0.459 e. The third-order valence-corrected chi connectivity index (χ3v) is 6.56. The highest BCUT2D eigenvalue weighted by Crippen LogP contribution is 2.23. The van der Waals surface area contributed by atoms with Crippen molar-refractivity contribution in [2.24, 2.45) is 0 Å². The van der Waals surface area contributed by atoms with Crippen molar-refractivity contribution in [1.82, 2.24) is 20.5 Å². The molecule has 2 aromatic carbocycles. The molecule has 2 heterocycles. The van der Waals surface area contributed by atoms with Crippen LogP contribution in [0.2, 0.25) is 0 Å². The van der Waals surface area contributed by atoms with Crippen molar-refractivity contribution in [3.8, 4) is 0 Å². The maximum Gasteiger partial charge on any atom is 0.408 e. The Morgan fingerprint density at radius 1 is 1.07 bits per heavy atom. The fraction of sp³-hybridized carbons (Fsp3) is 0.419. The molecule has 0 spiro atoms. The summed E-state index contributed by atoms with van der Waals surface area (Å²) >= 11 is 0. The molecule has 0 aliphatic carbocycles. The molecule has 11 nitrogen and oxygen atoms in total. The number of rotatable bonds is 7. The molecular formula is C31H38N4O7. The molecule has 42 heavy (non-hydrogen) atoms. The molecule has 3 aromatic rings. The molecule has 0 fully saturated rings. The number of para-hydroxylation sites is 1. The van der Waals surface area contributed by atoms with Crippen LogP contribution in [0, 0.1) is 0 Å². The molecule has 0 radical (unpaired) electrons. The third kappa shape index (κ3) is 8.81. The molecule has 4 rings (SSSR count). The fourth-order valence-electron chi connectivity index (χ4n) is 4.65. The lowest BCUT2D eigenvalue weighted by molar-refractivity contribution is -0.149. The number of amides is 3. The van der Waals surface area contributed by atoms with Crippen LogP contribution in [0.3, 0.4) is 0 Å². The van der Waals surface area contributed by atoms with E-state index in [1.54, 1.807) is 32.9 Å². The van der Waals surface area contributed by atoms with Gasteiger partial charge in [0.25, 0.3) is 0 Å². The molecular weight excluding hydrogens is 540 g/mol. The number of ether oxygens (including phenoxy) is 3. The number of benzene rings is 2. The van der Waals surface area contributed by atoms with Crippen molar-refractivity contribution in [2.45, 2.75) is 64.4 Å². The molecule has 224 valence electrons. The van der Waals surface area contributed by atoms with Crippen LogP contribution in [0.15, 0.2) is 60.8 Å². The van der Waals surface area contributed by atoms with Crippen molar-refractivity contribution in [2.75, 3.05) is 19.8 Å². The minimum atomic E-state index is -1.34. The van der Waals surface area contributed by atoms with E-state index in [1.165, 1.54) is 0 Å². The van der Waals surface area contributed by atoms with E-state index in [0.29, 0.717) is 19.8 Å². The summed E-state index contributed by atoms with van der Waals surface area (Å²) in [6.07, 6.45) is 0.875. The van der Waals surface area contributed by atoms with Crippen LogP contribution in [0.1, 0.15) is 38.3 Å². The van der Waals surface area contributed by atoms with Crippen molar-refractivity contribution in [3.05, 3.63) is 71.9 Å². The standard InChI is InChI=1S/C31H38N4O7/c1-31(2,3)42-30(39)34-25(29(38)41-20-21-9-5-4-6-10-21)18-27(36)33-24-17-22-19-35(26-12-8-7-11-23(22)26)14-16-40-15-13-32-28(24)37/h4-12,19,24-25H,13-18,20H2,1-3H3,(H,32,37)(H,33,36)(H,34,39)/t24-,25?/m0/s1. The summed E-state index contributed by atoms with van der Waals surface area (Å²) in [6, 6.07) is 14.6. The SMILES string of the molecule is CC(C)(C)OC(=O)NC(CC(=O)N[C@H]1Cc2cn(c3ccccc23)CCOCCNC1=O)C(=O)OCc1ccccc1. The zero-order valence-corrected chi connectivity index (χ0v) is 24.2. The lowest BCUT2D eigenvalue weighted by Gasteiger charge is -2.24. The van der Waals surface area contributed by atoms with Gasteiger partial charge in [-0.15, -0.1) is 0 Å². The number of nitrogens with one attached hydrogen (secondary N) is 3. The molecule has 3 amide bonds. The maximum atomic E-state index is 13.3. The van der Waals surface area contributed by atoms with Crippen LogP contribution in [0.4, 0.5) is 4.79 Å². The summed E-state index contributed by atoms with van der Waals surface area (Å²) in [4.78, 5) is 52.0. The monoisotopic (exact) mass is 578 g/mol. The van der Waals surface area contributed by atoms with Gasteiger partial charge < -0.3 is 34.7 Å². The summed E-state index contributed by atoms with van der Waals surface area (Å²) in [5, 5.41) is 9.00. The second-order valence-electron chi connectivity index (χ2n) is 11.1. The van der Waals surface area contributed by atoms with E-state index in [4.69, 9.17) is 14.2 Å². The van der Waals surface area contributed by atoms with Gasteiger partial charge in [0, 0.05) is 36.6 Å². The molecule has 1 aromatic heterocycles. The number of hydrogen-bond acceptors (Lipinski definition) is 7. The quantitative estimate of drug-likeness (QED) is 0.367. The number of alkyl carbamates (subject to hydrolysis) is 1. The predicted octanol–water partition coefficient (Wildman–Crippen LogP) is 2.84. The average molecular weight is 579 g/mol. The topological polar surface area (TPSA) is 137 Å². The Bertz CT molecular complexity index is 1400. The van der Waals surface area contributed by atoms with E-state index < -0.39 is 42.1 Å². The van der Waals surface area contributed by atoms with Crippen LogP contribution in [-0.4, -0.2) is 65.9 Å². The van der Waals surface area contributed by atoms with Gasteiger partial charge in [0.2, 0.25) is 11.8 Å². The second kappa shape index (κ2) is 14.0.